The summed E-state index contributed by atoms with van der Waals surface area (Å²) in [5, 5.41) is 12.0. The molecule has 30 heavy (non-hydrogen) atoms. The van der Waals surface area contributed by atoms with Gasteiger partial charge in [0.25, 0.3) is 5.91 Å². The lowest BCUT2D eigenvalue weighted by molar-refractivity contribution is 0.102. The molecule has 0 radical (unpaired) electrons. The number of nitrogens with two attached hydrogens (primary N) is 1. The van der Waals surface area contributed by atoms with Gasteiger partial charge >= 0.3 is 0 Å². The van der Waals surface area contributed by atoms with E-state index in [1.165, 1.54) is 5.01 Å². The number of anilines is 1. The first-order valence-corrected chi connectivity index (χ1v) is 10.8. The number of amidine groups is 1. The number of carbonyl (C=O) groups is 1. The highest BCUT2D eigenvalue weighted by Gasteiger charge is 2.14. The lowest BCUT2D eigenvalue weighted by Crippen LogP contribution is -2.43. The molecular weight excluding hydrogens is 376 g/mol. The number of amides is 1. The number of nitrogens with one attached hydrogen (secondary N) is 2. The molecule has 0 aliphatic rings. The Kier molecular flexibility index (Phi) is 22.2. The van der Waals surface area contributed by atoms with Crippen molar-refractivity contribution in [2.45, 2.75) is 75.3 Å². The second kappa shape index (κ2) is 20.9. The molecule has 0 saturated carbocycles. The smallest absolute Gasteiger partial charge is 0.275 e. The van der Waals surface area contributed by atoms with Crippen LogP contribution in [0, 0.1) is 5.41 Å². The highest BCUT2D eigenvalue weighted by Crippen LogP contribution is 2.09. The first kappa shape index (κ1) is 31.9. The van der Waals surface area contributed by atoms with Crippen LogP contribution in [0.2, 0.25) is 0 Å². The van der Waals surface area contributed by atoms with Crippen LogP contribution in [-0.4, -0.2) is 32.8 Å². The van der Waals surface area contributed by atoms with Crippen molar-refractivity contribution < 1.29 is 4.79 Å². The maximum Gasteiger partial charge on any atom is 0.275 e. The zero-order chi connectivity index (χ0) is 24.1. The number of hydrogen-bond donors (Lipinski definition) is 3. The fourth-order valence-corrected chi connectivity index (χ4v) is 1.70. The molecule has 7 nitrogen and oxygen atoms in total. The van der Waals surface area contributed by atoms with E-state index >= 15 is 0 Å². The van der Waals surface area contributed by atoms with Gasteiger partial charge in [-0.15, -0.1) is 0 Å². The Bertz CT molecular complexity index is 674. The van der Waals surface area contributed by atoms with Crippen molar-refractivity contribution in [2.75, 3.05) is 5.32 Å². The monoisotopic (exact) mass is 418 g/mol. The van der Waals surface area contributed by atoms with Gasteiger partial charge in [0.05, 0.1) is 0 Å². The Hall–Kier alpha value is -2.80. The number of hydrazine groups is 1. The molecule has 0 saturated heterocycles. The van der Waals surface area contributed by atoms with Gasteiger partial charge in [0, 0.05) is 12.2 Å². The van der Waals surface area contributed by atoms with Crippen LogP contribution in [0.1, 0.15) is 85.4 Å². The molecule has 2 aromatic rings. The van der Waals surface area contributed by atoms with Gasteiger partial charge in [0.15, 0.2) is 5.84 Å². The molecule has 0 unspecified atom stereocenters. The largest absolute Gasteiger partial charge is 0.305 e. The second-order valence-corrected chi connectivity index (χ2v) is 4.93. The third-order valence-corrected chi connectivity index (χ3v) is 2.95. The summed E-state index contributed by atoms with van der Waals surface area (Å²) < 4.78 is 0. The van der Waals surface area contributed by atoms with Crippen molar-refractivity contribution in [3.63, 3.8) is 0 Å². The SMILES string of the molecule is CC.CC.CC.CC.CC(C)N(N)C(=N)c1cccc(NC(=O)c2ccccn2)n1. The van der Waals surface area contributed by atoms with Crippen LogP contribution in [0.25, 0.3) is 0 Å². The molecule has 0 aliphatic heterocycles. The zero-order valence-corrected chi connectivity index (χ0v) is 20.4. The minimum atomic E-state index is -0.356. The lowest BCUT2D eigenvalue weighted by atomic mass is 10.2. The third-order valence-electron chi connectivity index (χ3n) is 2.95. The van der Waals surface area contributed by atoms with Gasteiger partial charge in [-0.2, -0.15) is 0 Å². The van der Waals surface area contributed by atoms with E-state index in [2.05, 4.69) is 15.3 Å². The van der Waals surface area contributed by atoms with Crippen LogP contribution in [0.5, 0.6) is 0 Å². The first-order valence-electron chi connectivity index (χ1n) is 10.8. The second-order valence-electron chi connectivity index (χ2n) is 4.93. The average molecular weight is 419 g/mol. The summed E-state index contributed by atoms with van der Waals surface area (Å²) in [6.45, 7) is 19.8. The van der Waals surface area contributed by atoms with Crippen LogP contribution in [0.3, 0.4) is 0 Å². The van der Waals surface area contributed by atoms with Crippen LogP contribution in [0.15, 0.2) is 42.6 Å². The molecule has 0 aromatic carbocycles. The molecule has 0 atom stereocenters. The Morgan fingerprint density at radius 3 is 1.93 bits per heavy atom. The quantitative estimate of drug-likeness (QED) is 0.254. The standard InChI is InChI=1S/C15H18N6O.4C2H6/c1-10(2)21(17)14(16)11-7-5-8-13(19-11)20-15(22)12-6-3-4-9-18-12;4*1-2/h3-10,16H,17H2,1-2H3,(H,19,20,22);4*1-2H3. The van der Waals surface area contributed by atoms with Gasteiger partial charge < -0.3 is 5.32 Å². The first-order chi connectivity index (χ1) is 14.5. The number of hydrogen-bond acceptors (Lipinski definition) is 5. The summed E-state index contributed by atoms with van der Waals surface area (Å²) in [5.41, 5.74) is 0.683. The molecule has 2 aromatic heterocycles. The van der Waals surface area contributed by atoms with Crippen LogP contribution in [-0.2, 0) is 0 Å². The lowest BCUT2D eigenvalue weighted by Gasteiger charge is -2.23. The van der Waals surface area contributed by atoms with E-state index in [0.717, 1.165) is 0 Å². The number of nitrogens with zero attached hydrogens (tertiary/aromatic N) is 3. The fraction of sp³-hybridized carbons (Fsp3) is 0.478. The normalized spacial score (nSPS) is 8.40. The van der Waals surface area contributed by atoms with Crippen LogP contribution >= 0.6 is 0 Å². The maximum atomic E-state index is 12.0. The molecule has 0 aliphatic carbocycles. The van der Waals surface area contributed by atoms with Gasteiger partial charge in [-0.25, -0.2) is 10.8 Å². The predicted octanol–water partition coefficient (Wildman–Crippen LogP) is 5.74. The predicted molar refractivity (Wildman–Crippen MR) is 130 cm³/mol. The Balaban J connectivity index is -0.000000815. The minimum Gasteiger partial charge on any atom is -0.305 e. The van der Waals surface area contributed by atoms with Gasteiger partial charge in [-0.3, -0.25) is 20.2 Å². The molecule has 7 heteroatoms. The molecule has 4 N–H and O–H groups in total. The topological polar surface area (TPSA) is 108 Å². The molecule has 170 valence electrons. The van der Waals surface area contributed by atoms with Crippen LogP contribution < -0.4 is 11.2 Å². The number of carbonyl (C=O) groups excluding carboxylic acids is 1. The summed E-state index contributed by atoms with van der Waals surface area (Å²) in [6, 6.07) is 10.1. The van der Waals surface area contributed by atoms with Crippen molar-refractivity contribution in [1.82, 2.24) is 15.0 Å². The number of rotatable bonds is 4. The molecule has 1 amide bonds. The average Bonchev–Trinajstić information content (AvgIpc) is 2.84. The highest BCUT2D eigenvalue weighted by atomic mass is 16.1. The van der Waals surface area contributed by atoms with E-state index in [0.29, 0.717) is 17.2 Å². The van der Waals surface area contributed by atoms with E-state index in [1.807, 2.05) is 69.2 Å². The molecule has 2 rings (SSSR count). The third kappa shape index (κ3) is 11.9. The zero-order valence-electron chi connectivity index (χ0n) is 20.4. The summed E-state index contributed by atoms with van der Waals surface area (Å²) >= 11 is 0. The molecule has 0 bridgehead atoms. The Labute approximate surface area is 183 Å². The van der Waals surface area contributed by atoms with Crippen LogP contribution in [0.4, 0.5) is 5.82 Å². The summed E-state index contributed by atoms with van der Waals surface area (Å²) in [7, 11) is 0. The van der Waals surface area contributed by atoms with Gasteiger partial charge in [0.2, 0.25) is 0 Å². The van der Waals surface area contributed by atoms with Crippen molar-refractivity contribution >= 4 is 17.6 Å². The van der Waals surface area contributed by atoms with E-state index in [-0.39, 0.29) is 17.8 Å². The summed E-state index contributed by atoms with van der Waals surface area (Å²) in [5.74, 6) is 5.88. The molecule has 2 heterocycles. The molecule has 0 spiro atoms. The van der Waals surface area contributed by atoms with Crippen molar-refractivity contribution in [3.05, 3.63) is 54.0 Å². The van der Waals surface area contributed by atoms with E-state index in [4.69, 9.17) is 11.3 Å². The van der Waals surface area contributed by atoms with Crippen molar-refractivity contribution in [3.8, 4) is 0 Å². The minimum absolute atomic E-state index is 0.0268. The molecular formula is C23H42N6O. The van der Waals surface area contributed by atoms with Crippen molar-refractivity contribution in [1.29, 1.82) is 5.41 Å². The fourth-order valence-electron chi connectivity index (χ4n) is 1.70. The summed E-state index contributed by atoms with van der Waals surface area (Å²) in [6.07, 6.45) is 1.55. The van der Waals surface area contributed by atoms with Gasteiger partial charge in [-0.05, 0) is 38.1 Å². The van der Waals surface area contributed by atoms with Gasteiger partial charge in [-0.1, -0.05) is 67.5 Å². The highest BCUT2D eigenvalue weighted by molar-refractivity contribution is 6.02. The van der Waals surface area contributed by atoms with E-state index in [1.54, 1.807) is 42.6 Å². The van der Waals surface area contributed by atoms with E-state index in [9.17, 15) is 4.79 Å². The van der Waals surface area contributed by atoms with Crippen molar-refractivity contribution in [2.24, 2.45) is 5.84 Å². The number of aromatic nitrogens is 2. The Morgan fingerprint density at radius 2 is 1.47 bits per heavy atom. The molecule has 0 fully saturated rings. The number of pyridine rings is 2. The van der Waals surface area contributed by atoms with Gasteiger partial charge in [0.1, 0.15) is 17.2 Å². The Morgan fingerprint density at radius 1 is 0.933 bits per heavy atom. The summed E-state index contributed by atoms with van der Waals surface area (Å²) in [4.78, 5) is 20.2. The maximum absolute atomic E-state index is 12.0. The van der Waals surface area contributed by atoms with E-state index < -0.39 is 0 Å².